The van der Waals surface area contributed by atoms with Crippen molar-refractivity contribution in [2.45, 2.75) is 46.1 Å². The van der Waals surface area contributed by atoms with E-state index in [4.69, 9.17) is 4.74 Å². The predicted molar refractivity (Wildman–Crippen MR) is 158 cm³/mol. The SMILES string of the molecule is CCCc1cc(-c2c3ccccc3c(Br)c3sc(C)c(C)c23)ccc1O[C@H](Cc1ccccc1)C(=O)O. The van der Waals surface area contributed by atoms with E-state index in [0.29, 0.717) is 12.2 Å². The number of carbonyl (C=O) groups is 1. The Morgan fingerprint density at radius 3 is 2.41 bits per heavy atom. The molecule has 0 saturated heterocycles. The van der Waals surface area contributed by atoms with Crippen molar-refractivity contribution in [2.24, 2.45) is 0 Å². The van der Waals surface area contributed by atoms with Crippen LogP contribution in [0.2, 0.25) is 0 Å². The Balaban J connectivity index is 1.64. The second-order valence-electron chi connectivity index (χ2n) is 9.43. The zero-order chi connectivity index (χ0) is 26.1. The molecule has 3 nitrogen and oxygen atoms in total. The Hall–Kier alpha value is -3.15. The molecule has 4 aromatic carbocycles. The summed E-state index contributed by atoms with van der Waals surface area (Å²) in [5.74, 6) is -0.315. The number of aryl methyl sites for hydroxylation is 3. The molecule has 5 heteroatoms. The van der Waals surface area contributed by atoms with Crippen LogP contribution in [0.4, 0.5) is 0 Å². The van der Waals surface area contributed by atoms with Crippen LogP contribution in [-0.2, 0) is 17.6 Å². The van der Waals surface area contributed by atoms with Crippen LogP contribution in [0.15, 0.2) is 77.3 Å². The molecule has 0 unspecified atom stereocenters. The Morgan fingerprint density at radius 2 is 1.70 bits per heavy atom. The van der Waals surface area contributed by atoms with Crippen LogP contribution in [0.5, 0.6) is 5.75 Å². The molecule has 0 aliphatic rings. The van der Waals surface area contributed by atoms with Crippen LogP contribution < -0.4 is 4.74 Å². The molecule has 0 saturated carbocycles. The van der Waals surface area contributed by atoms with Gasteiger partial charge < -0.3 is 9.84 Å². The van der Waals surface area contributed by atoms with E-state index in [1.165, 1.54) is 36.9 Å². The van der Waals surface area contributed by atoms with Crippen molar-refractivity contribution in [1.29, 1.82) is 0 Å². The van der Waals surface area contributed by atoms with Crippen LogP contribution in [0.3, 0.4) is 0 Å². The highest BCUT2D eigenvalue weighted by Crippen LogP contribution is 2.47. The molecule has 0 radical (unpaired) electrons. The molecular weight excluding hydrogens is 544 g/mol. The number of ether oxygens (including phenoxy) is 1. The molecule has 0 fully saturated rings. The first kappa shape index (κ1) is 25.5. The monoisotopic (exact) mass is 572 g/mol. The molecule has 37 heavy (non-hydrogen) atoms. The molecule has 0 bridgehead atoms. The van der Waals surface area contributed by atoms with E-state index in [-0.39, 0.29) is 0 Å². The molecule has 0 aliphatic heterocycles. The van der Waals surface area contributed by atoms with Crippen molar-refractivity contribution < 1.29 is 14.6 Å². The van der Waals surface area contributed by atoms with E-state index < -0.39 is 12.1 Å². The number of benzene rings is 4. The molecule has 188 valence electrons. The highest BCUT2D eigenvalue weighted by Gasteiger charge is 2.23. The summed E-state index contributed by atoms with van der Waals surface area (Å²) >= 11 is 5.71. The van der Waals surface area contributed by atoms with Crippen molar-refractivity contribution in [3.05, 3.63) is 98.8 Å². The first-order valence-corrected chi connectivity index (χ1v) is 14.2. The van der Waals surface area contributed by atoms with Crippen molar-refractivity contribution in [1.82, 2.24) is 0 Å². The van der Waals surface area contributed by atoms with Crippen molar-refractivity contribution in [2.75, 3.05) is 0 Å². The lowest BCUT2D eigenvalue weighted by molar-refractivity contribution is -0.145. The number of carboxylic acid groups (broad SMARTS) is 1. The third kappa shape index (κ3) is 4.90. The topological polar surface area (TPSA) is 46.5 Å². The number of carboxylic acids is 1. The van der Waals surface area contributed by atoms with Crippen LogP contribution in [-0.4, -0.2) is 17.2 Å². The molecule has 1 aromatic heterocycles. The van der Waals surface area contributed by atoms with Crippen molar-refractivity contribution >= 4 is 54.1 Å². The molecule has 1 atom stereocenters. The molecule has 0 amide bonds. The number of hydrogen-bond donors (Lipinski definition) is 1. The van der Waals surface area contributed by atoms with E-state index in [9.17, 15) is 9.90 Å². The van der Waals surface area contributed by atoms with Gasteiger partial charge in [0, 0.05) is 21.2 Å². The average molecular weight is 574 g/mol. The Kier molecular flexibility index (Phi) is 7.36. The predicted octanol–water partition coefficient (Wildman–Crippen LogP) is 9.13. The van der Waals surface area contributed by atoms with Crippen molar-refractivity contribution in [3.63, 3.8) is 0 Å². The summed E-state index contributed by atoms with van der Waals surface area (Å²) < 4.78 is 8.57. The third-order valence-corrected chi connectivity index (χ3v) is 9.26. The second-order valence-corrected chi connectivity index (χ2v) is 11.4. The van der Waals surface area contributed by atoms with Crippen LogP contribution in [0.1, 0.15) is 34.9 Å². The summed E-state index contributed by atoms with van der Waals surface area (Å²) in [4.78, 5) is 13.4. The minimum Gasteiger partial charge on any atom is -0.478 e. The standard InChI is InChI=1S/C32H29BrO3S/c1-4-10-22-18-23(15-16-26(22)36-27(32(34)35)17-21-11-6-5-7-12-21)29-24-13-8-9-14-25(24)30(33)31-28(29)19(2)20(3)37-31/h5-9,11-16,18,27H,4,10,17H2,1-3H3,(H,34,35)/t27-/m1/s1. The van der Waals surface area contributed by atoms with Gasteiger partial charge in [-0.2, -0.15) is 0 Å². The van der Waals surface area contributed by atoms with Gasteiger partial charge in [0.15, 0.2) is 6.10 Å². The second kappa shape index (κ2) is 10.7. The van der Waals surface area contributed by atoms with Crippen molar-refractivity contribution in [3.8, 4) is 16.9 Å². The molecular formula is C32H29BrO3S. The fraction of sp³-hybridized carbons (Fsp3) is 0.219. The number of halogens is 1. The maximum Gasteiger partial charge on any atom is 0.345 e. The summed E-state index contributed by atoms with van der Waals surface area (Å²) in [6, 6.07) is 24.4. The fourth-order valence-electron chi connectivity index (χ4n) is 5.01. The lowest BCUT2D eigenvalue weighted by atomic mass is 9.91. The van der Waals surface area contributed by atoms with Gasteiger partial charge >= 0.3 is 5.97 Å². The average Bonchev–Trinajstić information content (AvgIpc) is 3.20. The maximum atomic E-state index is 12.1. The van der Waals surface area contributed by atoms with E-state index in [1.54, 1.807) is 0 Å². The highest BCUT2D eigenvalue weighted by molar-refractivity contribution is 9.11. The Bertz CT molecular complexity index is 1600. The maximum absolute atomic E-state index is 12.1. The number of thiophene rings is 1. The smallest absolute Gasteiger partial charge is 0.345 e. The summed E-state index contributed by atoms with van der Waals surface area (Å²) in [6.45, 7) is 6.51. The lowest BCUT2D eigenvalue weighted by Crippen LogP contribution is -2.29. The van der Waals surface area contributed by atoms with E-state index in [1.807, 2.05) is 47.7 Å². The number of fused-ring (bicyclic) bond motifs is 2. The minimum absolute atomic E-state index is 0.314. The van der Waals surface area contributed by atoms with Gasteiger partial charge in [-0.05, 0) is 86.9 Å². The van der Waals surface area contributed by atoms with Crippen LogP contribution >= 0.6 is 27.3 Å². The molecule has 1 N–H and O–H groups in total. The molecule has 1 heterocycles. The van der Waals surface area contributed by atoms with Gasteiger partial charge in [-0.25, -0.2) is 4.79 Å². The molecule has 0 spiro atoms. The third-order valence-electron chi connectivity index (χ3n) is 6.94. The zero-order valence-electron chi connectivity index (χ0n) is 21.2. The molecule has 5 aromatic rings. The fourth-order valence-corrected chi connectivity index (χ4v) is 6.91. The van der Waals surface area contributed by atoms with E-state index in [0.717, 1.165) is 34.0 Å². The Labute approximate surface area is 229 Å². The highest BCUT2D eigenvalue weighted by atomic mass is 79.9. The van der Waals surface area contributed by atoms with Gasteiger partial charge in [0.25, 0.3) is 0 Å². The quantitative estimate of drug-likeness (QED) is 0.201. The van der Waals surface area contributed by atoms with E-state index >= 15 is 0 Å². The van der Waals surface area contributed by atoms with Gasteiger partial charge in [-0.15, -0.1) is 11.3 Å². The van der Waals surface area contributed by atoms with Gasteiger partial charge in [0.05, 0.1) is 4.70 Å². The van der Waals surface area contributed by atoms with Crippen LogP contribution in [0, 0.1) is 13.8 Å². The van der Waals surface area contributed by atoms with Gasteiger partial charge in [0.1, 0.15) is 5.75 Å². The number of aliphatic carboxylic acids is 1. The van der Waals surface area contributed by atoms with Crippen LogP contribution in [0.25, 0.3) is 32.0 Å². The minimum atomic E-state index is -0.958. The number of rotatable bonds is 8. The summed E-state index contributed by atoms with van der Waals surface area (Å²) in [5.41, 5.74) is 5.62. The largest absolute Gasteiger partial charge is 0.478 e. The Morgan fingerprint density at radius 1 is 1.00 bits per heavy atom. The van der Waals surface area contributed by atoms with Gasteiger partial charge in [0.2, 0.25) is 0 Å². The first-order valence-electron chi connectivity index (χ1n) is 12.6. The van der Waals surface area contributed by atoms with Gasteiger partial charge in [-0.3, -0.25) is 0 Å². The summed E-state index contributed by atoms with van der Waals surface area (Å²) in [7, 11) is 0. The number of hydrogen-bond acceptors (Lipinski definition) is 3. The van der Waals surface area contributed by atoms with Gasteiger partial charge in [-0.1, -0.05) is 74.0 Å². The van der Waals surface area contributed by atoms with E-state index in [2.05, 4.69) is 73.1 Å². The molecule has 5 rings (SSSR count). The lowest BCUT2D eigenvalue weighted by Gasteiger charge is -2.20. The zero-order valence-corrected chi connectivity index (χ0v) is 23.6. The summed E-state index contributed by atoms with van der Waals surface area (Å²) in [5, 5.41) is 13.6. The first-order chi connectivity index (χ1) is 17.9. The normalized spacial score (nSPS) is 12.2. The molecule has 0 aliphatic carbocycles. The summed E-state index contributed by atoms with van der Waals surface area (Å²) in [6.07, 6.45) is 1.10.